The highest BCUT2D eigenvalue weighted by molar-refractivity contribution is 6.10. The van der Waals surface area contributed by atoms with Gasteiger partial charge in [0.05, 0.1) is 17.7 Å². The van der Waals surface area contributed by atoms with Crippen LogP contribution in [0.1, 0.15) is 30.5 Å². The van der Waals surface area contributed by atoms with Crippen molar-refractivity contribution in [2.45, 2.75) is 25.9 Å². The Bertz CT molecular complexity index is 1870. The number of para-hydroxylation sites is 1. The van der Waals surface area contributed by atoms with E-state index in [1.165, 1.54) is 49.6 Å². The molecule has 3 heteroatoms. The van der Waals surface area contributed by atoms with Gasteiger partial charge in [-0.15, -0.1) is 0 Å². The smallest absolute Gasteiger partial charge is 0.129 e. The van der Waals surface area contributed by atoms with Crippen LogP contribution in [0.4, 0.5) is 0 Å². The standard InChI is InChI=1S/C36H31N3/c1-36(2)31-15-9-7-13-27(31)29-21-30-28-14-8-10-16-33(28)39(34(30)22-32(29)36)23-38(3)35(37)26-19-17-25(18-20-26)24-11-5-4-6-12-24/h4-22,37H,23H2,1-3H3. The predicted molar refractivity (Wildman–Crippen MR) is 163 cm³/mol. The molecule has 0 radical (unpaired) electrons. The zero-order valence-corrected chi connectivity index (χ0v) is 22.6. The Morgan fingerprint density at radius 1 is 0.667 bits per heavy atom. The van der Waals surface area contributed by atoms with Gasteiger partial charge in [0.25, 0.3) is 0 Å². The van der Waals surface area contributed by atoms with E-state index in [0.717, 1.165) is 11.1 Å². The van der Waals surface area contributed by atoms with E-state index in [1.54, 1.807) is 0 Å². The summed E-state index contributed by atoms with van der Waals surface area (Å²) in [6, 6.07) is 41.0. The largest absolute Gasteiger partial charge is 0.342 e. The van der Waals surface area contributed by atoms with Gasteiger partial charge in [-0.05, 0) is 51.6 Å². The van der Waals surface area contributed by atoms with Gasteiger partial charge in [-0.3, -0.25) is 5.41 Å². The molecule has 1 aliphatic rings. The summed E-state index contributed by atoms with van der Waals surface area (Å²) >= 11 is 0. The summed E-state index contributed by atoms with van der Waals surface area (Å²) < 4.78 is 2.37. The van der Waals surface area contributed by atoms with Crippen molar-refractivity contribution in [2.24, 2.45) is 0 Å². The van der Waals surface area contributed by atoms with E-state index in [-0.39, 0.29) is 5.41 Å². The van der Waals surface area contributed by atoms with Crippen LogP contribution in [0, 0.1) is 5.41 Å². The Balaban J connectivity index is 1.28. The molecule has 1 heterocycles. The van der Waals surface area contributed by atoms with E-state index in [2.05, 4.69) is 128 Å². The van der Waals surface area contributed by atoms with Gasteiger partial charge in [0.1, 0.15) is 5.84 Å². The van der Waals surface area contributed by atoms with Gasteiger partial charge in [-0.25, -0.2) is 0 Å². The molecule has 0 spiro atoms. The molecule has 0 saturated heterocycles. The van der Waals surface area contributed by atoms with Crippen molar-refractivity contribution >= 4 is 27.6 Å². The zero-order valence-electron chi connectivity index (χ0n) is 22.6. The number of amidine groups is 1. The van der Waals surface area contributed by atoms with E-state index in [1.807, 2.05) is 18.0 Å². The molecular weight excluding hydrogens is 474 g/mol. The highest BCUT2D eigenvalue weighted by atomic mass is 15.3. The van der Waals surface area contributed by atoms with Crippen molar-refractivity contribution in [2.75, 3.05) is 7.05 Å². The zero-order chi connectivity index (χ0) is 26.7. The fraction of sp³-hybridized carbons (Fsp3) is 0.139. The Hall–Kier alpha value is -4.63. The lowest BCUT2D eigenvalue weighted by Gasteiger charge is -2.24. The van der Waals surface area contributed by atoms with Gasteiger partial charge < -0.3 is 9.47 Å². The van der Waals surface area contributed by atoms with Crippen LogP contribution in [0.25, 0.3) is 44.1 Å². The first kappa shape index (κ1) is 23.5. The highest BCUT2D eigenvalue weighted by Crippen LogP contribution is 2.50. The minimum atomic E-state index is -0.0550. The molecule has 6 aromatic rings. The summed E-state index contributed by atoms with van der Waals surface area (Å²) in [7, 11) is 2.02. The fourth-order valence-electron chi connectivity index (χ4n) is 6.35. The maximum absolute atomic E-state index is 9.02. The molecule has 1 aliphatic carbocycles. The maximum Gasteiger partial charge on any atom is 0.129 e. The van der Waals surface area contributed by atoms with Crippen molar-refractivity contribution < 1.29 is 0 Å². The van der Waals surface area contributed by atoms with Crippen molar-refractivity contribution in [1.82, 2.24) is 9.47 Å². The lowest BCUT2D eigenvalue weighted by Crippen LogP contribution is -2.29. The first-order valence-electron chi connectivity index (χ1n) is 13.5. The van der Waals surface area contributed by atoms with Gasteiger partial charge in [-0.2, -0.15) is 0 Å². The van der Waals surface area contributed by atoms with Crippen LogP contribution < -0.4 is 0 Å². The molecule has 7 rings (SSSR count). The number of benzene rings is 5. The minimum Gasteiger partial charge on any atom is -0.342 e. The summed E-state index contributed by atoms with van der Waals surface area (Å²) in [4.78, 5) is 2.04. The second kappa shape index (κ2) is 8.71. The van der Waals surface area contributed by atoms with Crippen LogP contribution >= 0.6 is 0 Å². The number of nitrogens with zero attached hydrogens (tertiary/aromatic N) is 2. The van der Waals surface area contributed by atoms with Crippen molar-refractivity contribution in [3.63, 3.8) is 0 Å². The highest BCUT2D eigenvalue weighted by Gasteiger charge is 2.36. The number of aromatic nitrogens is 1. The SMILES string of the molecule is CN(Cn1c2ccccc2c2cc3c(cc21)C(C)(C)c1ccccc1-3)C(=N)c1ccc(-c2ccccc2)cc1. The van der Waals surface area contributed by atoms with E-state index in [9.17, 15) is 0 Å². The lowest BCUT2D eigenvalue weighted by atomic mass is 9.82. The first-order valence-corrected chi connectivity index (χ1v) is 13.5. The molecule has 0 aliphatic heterocycles. The number of nitrogens with one attached hydrogen (secondary N) is 1. The maximum atomic E-state index is 9.02. The molecule has 190 valence electrons. The Morgan fingerprint density at radius 2 is 1.33 bits per heavy atom. The van der Waals surface area contributed by atoms with Gasteiger partial charge in [0.15, 0.2) is 0 Å². The van der Waals surface area contributed by atoms with E-state index in [0.29, 0.717) is 12.5 Å². The molecule has 1 N–H and O–H groups in total. The van der Waals surface area contributed by atoms with Crippen molar-refractivity contribution in [3.8, 4) is 22.3 Å². The Labute approximate surface area is 229 Å². The van der Waals surface area contributed by atoms with Crippen LogP contribution in [0.3, 0.4) is 0 Å². The number of hydrogen-bond acceptors (Lipinski definition) is 1. The average Bonchev–Trinajstić information content (AvgIpc) is 3.40. The summed E-state index contributed by atoms with van der Waals surface area (Å²) in [6.07, 6.45) is 0. The molecule has 0 bridgehead atoms. The van der Waals surface area contributed by atoms with Crippen LogP contribution in [0.15, 0.2) is 115 Å². The summed E-state index contributed by atoms with van der Waals surface area (Å²) in [5, 5.41) is 11.5. The average molecular weight is 506 g/mol. The summed E-state index contributed by atoms with van der Waals surface area (Å²) in [5.74, 6) is 0.509. The van der Waals surface area contributed by atoms with Crippen LogP contribution in [-0.2, 0) is 12.1 Å². The van der Waals surface area contributed by atoms with Crippen LogP contribution in [0.2, 0.25) is 0 Å². The molecule has 5 aromatic carbocycles. The second-order valence-corrected chi connectivity index (χ2v) is 11.2. The van der Waals surface area contributed by atoms with Gasteiger partial charge in [-0.1, -0.05) is 111 Å². The molecule has 0 amide bonds. The molecule has 0 atom stereocenters. The number of rotatable bonds is 4. The van der Waals surface area contributed by atoms with Crippen molar-refractivity contribution in [1.29, 1.82) is 5.41 Å². The Morgan fingerprint density at radius 3 is 2.13 bits per heavy atom. The quantitative estimate of drug-likeness (QED) is 0.189. The monoisotopic (exact) mass is 505 g/mol. The molecule has 0 fully saturated rings. The Kier molecular flexibility index (Phi) is 5.24. The molecule has 1 aromatic heterocycles. The normalized spacial score (nSPS) is 13.4. The molecule has 3 nitrogen and oxygen atoms in total. The number of fused-ring (bicyclic) bond motifs is 6. The van der Waals surface area contributed by atoms with Gasteiger partial charge >= 0.3 is 0 Å². The van der Waals surface area contributed by atoms with E-state index >= 15 is 0 Å². The summed E-state index contributed by atoms with van der Waals surface area (Å²) in [6.45, 7) is 5.25. The molecule has 0 saturated carbocycles. The third-order valence-corrected chi connectivity index (χ3v) is 8.48. The van der Waals surface area contributed by atoms with Crippen LogP contribution in [0.5, 0.6) is 0 Å². The van der Waals surface area contributed by atoms with Crippen LogP contribution in [-0.4, -0.2) is 22.4 Å². The second-order valence-electron chi connectivity index (χ2n) is 11.2. The topological polar surface area (TPSA) is 32.0 Å². The third kappa shape index (κ3) is 3.61. The lowest BCUT2D eigenvalue weighted by molar-refractivity contribution is 0.417. The molecular formula is C36H31N3. The molecule has 39 heavy (non-hydrogen) atoms. The van der Waals surface area contributed by atoms with Gasteiger partial charge in [0.2, 0.25) is 0 Å². The summed E-state index contributed by atoms with van der Waals surface area (Å²) in [5.41, 5.74) is 11.1. The fourth-order valence-corrected chi connectivity index (χ4v) is 6.35. The molecule has 0 unspecified atom stereocenters. The van der Waals surface area contributed by atoms with E-state index in [4.69, 9.17) is 5.41 Å². The minimum absolute atomic E-state index is 0.0550. The third-order valence-electron chi connectivity index (χ3n) is 8.48. The predicted octanol–water partition coefficient (Wildman–Crippen LogP) is 8.68. The van der Waals surface area contributed by atoms with Crippen molar-refractivity contribution in [3.05, 3.63) is 132 Å². The first-order chi connectivity index (χ1) is 18.9. The van der Waals surface area contributed by atoms with Gasteiger partial charge in [0, 0.05) is 28.8 Å². The number of hydrogen-bond donors (Lipinski definition) is 1. The van der Waals surface area contributed by atoms with E-state index < -0.39 is 0 Å².